The number of fused-ring (bicyclic) bond motifs is 1. The van der Waals surface area contributed by atoms with E-state index in [1.54, 1.807) is 7.11 Å². The molecule has 3 nitrogen and oxygen atoms in total. The summed E-state index contributed by atoms with van der Waals surface area (Å²) in [6, 6.07) is 4.36. The number of benzene rings is 2. The van der Waals surface area contributed by atoms with Crippen LogP contribution in [0.2, 0.25) is 0 Å². The van der Waals surface area contributed by atoms with Crippen LogP contribution in [0.3, 0.4) is 0 Å². The van der Waals surface area contributed by atoms with E-state index in [0.717, 1.165) is 56.1 Å². The normalized spacial score (nSPS) is 13.4. The van der Waals surface area contributed by atoms with Crippen molar-refractivity contribution in [2.45, 2.75) is 58.8 Å². The molecule has 0 amide bonds. The Balaban J connectivity index is 2.42. The first-order valence-electron chi connectivity index (χ1n) is 9.57. The molecule has 2 aromatic carbocycles. The Hall–Kier alpha value is -0.700. The Morgan fingerprint density at radius 2 is 1.85 bits per heavy atom. The van der Waals surface area contributed by atoms with Crippen LogP contribution in [-0.4, -0.2) is 7.11 Å². The van der Waals surface area contributed by atoms with Gasteiger partial charge in [0.2, 0.25) is 0 Å². The van der Waals surface area contributed by atoms with E-state index in [9.17, 15) is 4.91 Å². The lowest BCUT2D eigenvalue weighted by Crippen LogP contribution is -2.09. The van der Waals surface area contributed by atoms with Crippen LogP contribution in [0.15, 0.2) is 17.3 Å². The van der Waals surface area contributed by atoms with Crippen molar-refractivity contribution < 1.29 is 4.74 Å². The Kier molecular flexibility index (Phi) is 7.16. The number of halogens is 2. The van der Waals surface area contributed by atoms with Crippen LogP contribution in [-0.2, 0) is 19.3 Å². The first-order chi connectivity index (χ1) is 13.0. The lowest BCUT2D eigenvalue weighted by molar-refractivity contribution is 0.412. The van der Waals surface area contributed by atoms with Crippen LogP contribution >= 0.6 is 45.2 Å². The Morgan fingerprint density at radius 3 is 2.52 bits per heavy atom. The molecule has 0 spiro atoms. The highest BCUT2D eigenvalue weighted by molar-refractivity contribution is 14.1. The maximum absolute atomic E-state index is 11.9. The first-order valence-corrected chi connectivity index (χ1v) is 11.7. The molecule has 3 rings (SSSR count). The zero-order valence-corrected chi connectivity index (χ0v) is 20.4. The van der Waals surface area contributed by atoms with Crippen LogP contribution < -0.4 is 4.74 Å². The summed E-state index contributed by atoms with van der Waals surface area (Å²) in [5.74, 6) is 0.889. The fourth-order valence-electron chi connectivity index (χ4n) is 4.15. The summed E-state index contributed by atoms with van der Waals surface area (Å²) in [7, 11) is 1.73. The van der Waals surface area contributed by atoms with Crippen LogP contribution in [0.5, 0.6) is 5.75 Å². The van der Waals surface area contributed by atoms with E-state index < -0.39 is 0 Å². The molecular weight excluding hydrogens is 564 g/mol. The van der Waals surface area contributed by atoms with Gasteiger partial charge in [-0.05, 0) is 130 Å². The number of methoxy groups -OCH3 is 1. The average Bonchev–Trinajstić information content (AvgIpc) is 2.65. The van der Waals surface area contributed by atoms with Crippen molar-refractivity contribution in [2.75, 3.05) is 7.11 Å². The second-order valence-electron chi connectivity index (χ2n) is 7.18. The molecule has 5 heteroatoms. The van der Waals surface area contributed by atoms with Gasteiger partial charge >= 0.3 is 0 Å². The molecule has 144 valence electrons. The minimum Gasteiger partial charge on any atom is -0.495 e. The van der Waals surface area contributed by atoms with Gasteiger partial charge in [0.05, 0.1) is 10.7 Å². The van der Waals surface area contributed by atoms with Crippen molar-refractivity contribution in [3.8, 4) is 16.9 Å². The van der Waals surface area contributed by atoms with Crippen molar-refractivity contribution in [2.24, 2.45) is 5.18 Å². The van der Waals surface area contributed by atoms with Crippen LogP contribution in [0.1, 0.15) is 54.9 Å². The molecule has 0 saturated carbocycles. The molecule has 0 fully saturated rings. The summed E-state index contributed by atoms with van der Waals surface area (Å²) in [4.78, 5) is 11.9. The third-order valence-corrected chi connectivity index (χ3v) is 7.09. The minimum absolute atomic E-state index is 0.570. The van der Waals surface area contributed by atoms with Gasteiger partial charge in [-0.25, -0.2) is 0 Å². The van der Waals surface area contributed by atoms with Crippen molar-refractivity contribution in [1.82, 2.24) is 0 Å². The minimum atomic E-state index is 0.570. The standard InChI is InChI=1S/C22H25I2NO2/c1-4-5-9-15-13(2)11-17(23)21(25-26)19(15)20-16-10-7-6-8-14(16)12-18(24)22(20)27-3/h11-12H,4-10H2,1-3H3. The van der Waals surface area contributed by atoms with Crippen LogP contribution in [0.25, 0.3) is 11.1 Å². The van der Waals surface area contributed by atoms with Gasteiger partial charge in [-0.3, -0.25) is 0 Å². The van der Waals surface area contributed by atoms with Crippen LogP contribution in [0.4, 0.5) is 5.69 Å². The quantitative estimate of drug-likeness (QED) is 0.259. The number of nitrogens with zero attached hydrogens (tertiary/aromatic N) is 1. The highest BCUT2D eigenvalue weighted by Gasteiger charge is 2.27. The topological polar surface area (TPSA) is 38.7 Å². The van der Waals surface area contributed by atoms with Gasteiger partial charge in [0, 0.05) is 14.7 Å². The molecule has 27 heavy (non-hydrogen) atoms. The molecule has 0 heterocycles. The zero-order valence-electron chi connectivity index (χ0n) is 16.1. The van der Waals surface area contributed by atoms with Gasteiger partial charge < -0.3 is 4.74 Å². The summed E-state index contributed by atoms with van der Waals surface area (Å²) >= 11 is 4.61. The smallest absolute Gasteiger partial charge is 0.140 e. The molecular formula is C22H25I2NO2. The number of hydrogen-bond acceptors (Lipinski definition) is 3. The maximum Gasteiger partial charge on any atom is 0.140 e. The van der Waals surface area contributed by atoms with Gasteiger partial charge in [0.15, 0.2) is 0 Å². The molecule has 1 aliphatic carbocycles. The SMILES string of the molecule is CCCCc1c(C)cc(I)c(N=O)c1-c1c2c(cc(I)c1OC)CCCC2. The average molecular weight is 589 g/mol. The van der Waals surface area contributed by atoms with Crippen molar-refractivity contribution in [3.63, 3.8) is 0 Å². The van der Waals surface area contributed by atoms with E-state index >= 15 is 0 Å². The van der Waals surface area contributed by atoms with Gasteiger partial charge in [0.1, 0.15) is 11.4 Å². The van der Waals surface area contributed by atoms with Gasteiger partial charge in [0.25, 0.3) is 0 Å². The molecule has 2 aromatic rings. The summed E-state index contributed by atoms with van der Waals surface area (Å²) in [5, 5.41) is 3.49. The van der Waals surface area contributed by atoms with Gasteiger partial charge in [-0.1, -0.05) is 13.3 Å². The number of aryl methyl sites for hydroxylation is 2. The monoisotopic (exact) mass is 589 g/mol. The second kappa shape index (κ2) is 9.20. The predicted octanol–water partition coefficient (Wildman–Crippen LogP) is 7.50. The molecule has 0 radical (unpaired) electrons. The largest absolute Gasteiger partial charge is 0.495 e. The fraction of sp³-hybridized carbons (Fsp3) is 0.455. The summed E-state index contributed by atoms with van der Waals surface area (Å²) < 4.78 is 7.91. The lowest BCUT2D eigenvalue weighted by Gasteiger charge is -2.26. The molecule has 0 saturated heterocycles. The highest BCUT2D eigenvalue weighted by atomic mass is 127. The maximum atomic E-state index is 11.9. The second-order valence-corrected chi connectivity index (χ2v) is 9.51. The molecule has 0 bridgehead atoms. The molecule has 0 atom stereocenters. The third kappa shape index (κ3) is 4.04. The summed E-state index contributed by atoms with van der Waals surface area (Å²) in [6.07, 6.45) is 7.72. The van der Waals surface area contributed by atoms with Crippen LogP contribution in [0, 0.1) is 19.0 Å². The van der Waals surface area contributed by atoms with E-state index in [4.69, 9.17) is 4.74 Å². The Labute approximate surface area is 188 Å². The van der Waals surface area contributed by atoms with E-state index in [-0.39, 0.29) is 0 Å². The molecule has 0 aromatic heterocycles. The van der Waals surface area contributed by atoms with Gasteiger partial charge in [-0.15, -0.1) is 4.91 Å². The van der Waals surface area contributed by atoms with Gasteiger partial charge in [-0.2, -0.15) is 0 Å². The number of ether oxygens (including phenoxy) is 1. The Morgan fingerprint density at radius 1 is 1.11 bits per heavy atom. The third-order valence-electron chi connectivity index (χ3n) is 5.47. The lowest BCUT2D eigenvalue weighted by atomic mass is 9.82. The molecule has 0 unspecified atom stereocenters. The summed E-state index contributed by atoms with van der Waals surface area (Å²) in [6.45, 7) is 4.35. The zero-order chi connectivity index (χ0) is 19.6. The Bertz CT molecular complexity index is 878. The van der Waals surface area contributed by atoms with Crippen molar-refractivity contribution >= 4 is 50.9 Å². The fourth-order valence-corrected chi connectivity index (χ4v) is 5.85. The number of nitroso groups, excluding NO2 is 1. The van der Waals surface area contributed by atoms with E-state index in [1.165, 1.54) is 35.1 Å². The molecule has 0 aliphatic heterocycles. The predicted molar refractivity (Wildman–Crippen MR) is 129 cm³/mol. The van der Waals surface area contributed by atoms with Crippen molar-refractivity contribution in [3.05, 3.63) is 46.4 Å². The number of rotatable bonds is 6. The molecule has 1 aliphatic rings. The van der Waals surface area contributed by atoms with E-state index in [1.807, 2.05) is 0 Å². The summed E-state index contributed by atoms with van der Waals surface area (Å²) in [5.41, 5.74) is 7.93. The highest BCUT2D eigenvalue weighted by Crippen LogP contribution is 2.48. The first kappa shape index (κ1) is 21.0. The number of hydrogen-bond donors (Lipinski definition) is 0. The molecule has 0 N–H and O–H groups in total. The van der Waals surface area contributed by atoms with E-state index in [0.29, 0.717) is 5.69 Å². The van der Waals surface area contributed by atoms with Crippen molar-refractivity contribution in [1.29, 1.82) is 0 Å². The van der Waals surface area contributed by atoms with E-state index in [2.05, 4.69) is 76.3 Å². The number of unbranched alkanes of at least 4 members (excludes halogenated alkanes) is 1.